The molecule has 0 spiro atoms. The first-order valence-corrected chi connectivity index (χ1v) is 9.84. The highest BCUT2D eigenvalue weighted by Crippen LogP contribution is 2.27. The van der Waals surface area contributed by atoms with Crippen LogP contribution >= 0.6 is 0 Å². The van der Waals surface area contributed by atoms with Crippen LogP contribution in [0.5, 0.6) is 0 Å². The van der Waals surface area contributed by atoms with Crippen LogP contribution in [0.2, 0.25) is 0 Å². The van der Waals surface area contributed by atoms with Gasteiger partial charge >= 0.3 is 0 Å². The predicted octanol–water partition coefficient (Wildman–Crippen LogP) is 2.46. The minimum Gasteiger partial charge on any atom is -0.355 e. The predicted molar refractivity (Wildman–Crippen MR) is 107 cm³/mol. The molecule has 0 radical (unpaired) electrons. The zero-order chi connectivity index (χ0) is 19.5. The van der Waals surface area contributed by atoms with Crippen LogP contribution in [0.4, 0.5) is 11.5 Å². The molecule has 1 fully saturated rings. The van der Waals surface area contributed by atoms with Crippen molar-refractivity contribution in [3.05, 3.63) is 47.9 Å². The Morgan fingerprint density at radius 2 is 2.07 bits per heavy atom. The summed E-state index contributed by atoms with van der Waals surface area (Å²) in [5.41, 5.74) is 3.09. The van der Waals surface area contributed by atoms with E-state index in [-0.39, 0.29) is 23.8 Å². The lowest BCUT2D eigenvalue weighted by atomic mass is 9.94. The van der Waals surface area contributed by atoms with E-state index in [0.717, 1.165) is 55.0 Å². The molecular formula is C21H25N5O2. The lowest BCUT2D eigenvalue weighted by molar-refractivity contribution is -0.126. The van der Waals surface area contributed by atoms with Crippen LogP contribution in [-0.2, 0) is 16.0 Å². The Kier molecular flexibility index (Phi) is 5.23. The Balaban J connectivity index is 1.33. The minimum atomic E-state index is -0.0616. The second kappa shape index (κ2) is 7.96. The molecule has 2 aliphatic rings. The van der Waals surface area contributed by atoms with Gasteiger partial charge in [-0.15, -0.1) is 0 Å². The zero-order valence-electron chi connectivity index (χ0n) is 16.0. The molecule has 0 bridgehead atoms. The van der Waals surface area contributed by atoms with E-state index in [1.54, 1.807) is 18.6 Å². The van der Waals surface area contributed by atoms with E-state index in [1.165, 1.54) is 0 Å². The lowest BCUT2D eigenvalue weighted by Gasteiger charge is -2.32. The number of aromatic nitrogens is 2. The second-order valence-corrected chi connectivity index (χ2v) is 7.52. The van der Waals surface area contributed by atoms with Gasteiger partial charge in [0.2, 0.25) is 11.8 Å². The molecular weight excluding hydrogens is 354 g/mol. The van der Waals surface area contributed by atoms with E-state index in [0.29, 0.717) is 6.42 Å². The zero-order valence-corrected chi connectivity index (χ0v) is 16.0. The Bertz CT molecular complexity index is 862. The van der Waals surface area contributed by atoms with Gasteiger partial charge in [-0.2, -0.15) is 0 Å². The largest absolute Gasteiger partial charge is 0.355 e. The van der Waals surface area contributed by atoms with Crippen molar-refractivity contribution in [1.29, 1.82) is 0 Å². The summed E-state index contributed by atoms with van der Waals surface area (Å²) in [7, 11) is 0. The fourth-order valence-corrected chi connectivity index (χ4v) is 3.91. The van der Waals surface area contributed by atoms with E-state index < -0.39 is 0 Å². The molecule has 1 aromatic carbocycles. The highest BCUT2D eigenvalue weighted by Gasteiger charge is 2.27. The Labute approximate surface area is 164 Å². The number of fused-ring (bicyclic) bond motifs is 1. The van der Waals surface area contributed by atoms with Crippen LogP contribution in [-0.4, -0.2) is 34.9 Å². The van der Waals surface area contributed by atoms with Gasteiger partial charge in [0.25, 0.3) is 0 Å². The molecule has 1 aromatic heterocycles. The number of nitrogens with one attached hydrogen (secondary N) is 2. The molecule has 1 atom stereocenters. The number of anilines is 2. The molecule has 2 aromatic rings. The van der Waals surface area contributed by atoms with Crippen molar-refractivity contribution in [3.8, 4) is 0 Å². The normalized spacial score (nSPS) is 18.2. The summed E-state index contributed by atoms with van der Waals surface area (Å²) in [5.74, 6) is 1.06. The summed E-state index contributed by atoms with van der Waals surface area (Å²) in [5, 5.41) is 6.06. The van der Waals surface area contributed by atoms with Gasteiger partial charge in [-0.3, -0.25) is 14.6 Å². The molecule has 0 unspecified atom stereocenters. The van der Waals surface area contributed by atoms with E-state index in [1.807, 2.05) is 19.1 Å². The number of hydrogen-bond acceptors (Lipinski definition) is 5. The molecule has 146 valence electrons. The number of carbonyl (C=O) groups is 2. The number of carbonyl (C=O) groups excluding carboxylic acids is 2. The van der Waals surface area contributed by atoms with Crippen molar-refractivity contribution in [3.63, 3.8) is 0 Å². The highest BCUT2D eigenvalue weighted by molar-refractivity contribution is 5.93. The average molecular weight is 379 g/mol. The van der Waals surface area contributed by atoms with Crippen molar-refractivity contribution in [2.24, 2.45) is 5.92 Å². The fourth-order valence-electron chi connectivity index (χ4n) is 3.91. The van der Waals surface area contributed by atoms with Gasteiger partial charge in [0.15, 0.2) is 0 Å². The molecule has 0 aliphatic carbocycles. The third kappa shape index (κ3) is 3.98. The summed E-state index contributed by atoms with van der Waals surface area (Å²) >= 11 is 0. The number of benzene rings is 1. The summed E-state index contributed by atoms with van der Waals surface area (Å²) in [6.07, 6.45) is 8.01. The van der Waals surface area contributed by atoms with Crippen LogP contribution in [0.3, 0.4) is 0 Å². The molecule has 28 heavy (non-hydrogen) atoms. The van der Waals surface area contributed by atoms with E-state index in [2.05, 4.69) is 31.6 Å². The maximum atomic E-state index is 12.7. The maximum Gasteiger partial charge on any atom is 0.224 e. The van der Waals surface area contributed by atoms with Gasteiger partial charge in [-0.1, -0.05) is 12.1 Å². The van der Waals surface area contributed by atoms with Crippen LogP contribution in [0, 0.1) is 5.92 Å². The van der Waals surface area contributed by atoms with Crippen molar-refractivity contribution in [1.82, 2.24) is 15.3 Å². The van der Waals surface area contributed by atoms with Gasteiger partial charge in [-0.05, 0) is 43.4 Å². The quantitative estimate of drug-likeness (QED) is 0.852. The average Bonchev–Trinajstić information content (AvgIpc) is 2.74. The fraction of sp³-hybridized carbons (Fsp3) is 0.429. The third-order valence-electron chi connectivity index (χ3n) is 5.62. The van der Waals surface area contributed by atoms with Crippen LogP contribution in [0.15, 0.2) is 36.8 Å². The Hall–Kier alpha value is -2.96. The molecule has 4 rings (SSSR count). The molecule has 0 saturated carbocycles. The molecule has 3 heterocycles. The number of rotatable bonds is 4. The van der Waals surface area contributed by atoms with Crippen molar-refractivity contribution in [2.75, 3.05) is 23.3 Å². The monoisotopic (exact) mass is 379 g/mol. The standard InChI is InChI=1S/C21H25N5O2/c1-14(16-2-4-18-17(12-16)3-5-20(27)25-18)24-21(28)15-6-10-26(11-7-15)19-13-22-8-9-23-19/h2,4,8-9,12-15H,3,5-7,10-11H2,1H3,(H,24,28)(H,25,27)/t14-/m1/s1. The number of nitrogens with zero attached hydrogens (tertiary/aromatic N) is 3. The highest BCUT2D eigenvalue weighted by atomic mass is 16.2. The maximum absolute atomic E-state index is 12.7. The molecule has 7 nitrogen and oxygen atoms in total. The van der Waals surface area contributed by atoms with E-state index in [9.17, 15) is 9.59 Å². The summed E-state index contributed by atoms with van der Waals surface area (Å²) in [4.78, 5) is 34.9. The summed E-state index contributed by atoms with van der Waals surface area (Å²) in [6.45, 7) is 3.63. The number of amides is 2. The second-order valence-electron chi connectivity index (χ2n) is 7.52. The topological polar surface area (TPSA) is 87.2 Å². The van der Waals surface area contributed by atoms with Crippen molar-refractivity contribution in [2.45, 2.75) is 38.6 Å². The van der Waals surface area contributed by atoms with Crippen LogP contribution in [0.1, 0.15) is 43.4 Å². The van der Waals surface area contributed by atoms with Gasteiger partial charge in [0, 0.05) is 43.5 Å². The van der Waals surface area contributed by atoms with E-state index >= 15 is 0 Å². The smallest absolute Gasteiger partial charge is 0.224 e. The van der Waals surface area contributed by atoms with Gasteiger partial charge in [-0.25, -0.2) is 4.98 Å². The minimum absolute atomic E-state index is 0.0206. The van der Waals surface area contributed by atoms with Crippen LogP contribution in [0.25, 0.3) is 0 Å². The first-order valence-electron chi connectivity index (χ1n) is 9.84. The Morgan fingerprint density at radius 3 is 2.82 bits per heavy atom. The summed E-state index contributed by atoms with van der Waals surface area (Å²) < 4.78 is 0. The lowest BCUT2D eigenvalue weighted by Crippen LogP contribution is -2.41. The molecule has 1 saturated heterocycles. The van der Waals surface area contributed by atoms with Gasteiger partial charge in [0.05, 0.1) is 12.2 Å². The number of aryl methyl sites for hydroxylation is 1. The van der Waals surface area contributed by atoms with Crippen molar-refractivity contribution < 1.29 is 9.59 Å². The summed E-state index contributed by atoms with van der Waals surface area (Å²) in [6, 6.07) is 5.94. The van der Waals surface area contributed by atoms with E-state index in [4.69, 9.17) is 0 Å². The first kappa shape index (κ1) is 18.4. The van der Waals surface area contributed by atoms with Gasteiger partial charge < -0.3 is 15.5 Å². The molecule has 2 aliphatic heterocycles. The SMILES string of the molecule is C[C@@H](NC(=O)C1CCN(c2cnccn2)CC1)c1ccc2c(c1)CCC(=O)N2. The van der Waals surface area contributed by atoms with Crippen LogP contribution < -0.4 is 15.5 Å². The first-order chi connectivity index (χ1) is 13.6. The van der Waals surface area contributed by atoms with Gasteiger partial charge in [0.1, 0.15) is 5.82 Å². The van der Waals surface area contributed by atoms with Crippen molar-refractivity contribution >= 4 is 23.3 Å². The number of piperidine rings is 1. The Morgan fingerprint density at radius 1 is 1.25 bits per heavy atom. The molecule has 2 amide bonds. The molecule has 7 heteroatoms. The third-order valence-corrected chi connectivity index (χ3v) is 5.62. The number of hydrogen-bond donors (Lipinski definition) is 2. The molecule has 2 N–H and O–H groups in total.